The molecule has 0 unspecified atom stereocenters. The SMILES string of the molecule is Cn1cc(-c2nc3cccnc3[nH]2)cn1. The molecule has 0 spiro atoms. The number of aromatic amines is 1. The topological polar surface area (TPSA) is 59.4 Å². The van der Waals surface area contributed by atoms with Crippen molar-refractivity contribution in [2.24, 2.45) is 7.05 Å². The number of hydrogen-bond acceptors (Lipinski definition) is 3. The van der Waals surface area contributed by atoms with Crippen LogP contribution in [0.5, 0.6) is 0 Å². The highest BCUT2D eigenvalue weighted by molar-refractivity contribution is 5.75. The van der Waals surface area contributed by atoms with Crippen LogP contribution in [0.15, 0.2) is 30.7 Å². The predicted molar refractivity (Wildman–Crippen MR) is 56.1 cm³/mol. The van der Waals surface area contributed by atoms with Gasteiger partial charge in [0.15, 0.2) is 5.65 Å². The van der Waals surface area contributed by atoms with E-state index in [9.17, 15) is 0 Å². The summed E-state index contributed by atoms with van der Waals surface area (Å²) in [7, 11) is 1.88. The third kappa shape index (κ3) is 1.28. The molecular weight excluding hydrogens is 190 g/mol. The molecule has 0 aliphatic rings. The molecule has 3 aromatic heterocycles. The predicted octanol–water partition coefficient (Wildman–Crippen LogP) is 1.36. The molecule has 0 aromatic carbocycles. The summed E-state index contributed by atoms with van der Waals surface area (Å²) in [5.41, 5.74) is 2.64. The van der Waals surface area contributed by atoms with Gasteiger partial charge in [0.1, 0.15) is 11.3 Å². The van der Waals surface area contributed by atoms with E-state index in [0.717, 1.165) is 22.6 Å². The Labute approximate surface area is 85.8 Å². The van der Waals surface area contributed by atoms with Crippen molar-refractivity contribution in [2.75, 3.05) is 0 Å². The van der Waals surface area contributed by atoms with E-state index in [-0.39, 0.29) is 0 Å². The maximum absolute atomic E-state index is 4.42. The lowest BCUT2D eigenvalue weighted by molar-refractivity contribution is 0.768. The Morgan fingerprint density at radius 3 is 3.07 bits per heavy atom. The molecule has 5 nitrogen and oxygen atoms in total. The average Bonchev–Trinajstić information content (AvgIpc) is 2.82. The third-order valence-electron chi connectivity index (χ3n) is 2.23. The lowest BCUT2D eigenvalue weighted by Crippen LogP contribution is -1.84. The van der Waals surface area contributed by atoms with Gasteiger partial charge in [0, 0.05) is 19.4 Å². The monoisotopic (exact) mass is 199 g/mol. The highest BCUT2D eigenvalue weighted by atomic mass is 15.2. The Bertz CT molecular complexity index is 574. The summed E-state index contributed by atoms with van der Waals surface area (Å²) in [6.07, 6.45) is 5.43. The van der Waals surface area contributed by atoms with Crippen molar-refractivity contribution in [1.82, 2.24) is 24.7 Å². The average molecular weight is 199 g/mol. The molecule has 15 heavy (non-hydrogen) atoms. The van der Waals surface area contributed by atoms with Gasteiger partial charge < -0.3 is 4.98 Å². The summed E-state index contributed by atoms with van der Waals surface area (Å²) in [6, 6.07) is 3.80. The molecule has 3 rings (SSSR count). The zero-order valence-electron chi connectivity index (χ0n) is 8.18. The van der Waals surface area contributed by atoms with E-state index in [0.29, 0.717) is 0 Å². The van der Waals surface area contributed by atoms with Crippen molar-refractivity contribution < 1.29 is 0 Å². The van der Waals surface area contributed by atoms with Gasteiger partial charge in [-0.15, -0.1) is 0 Å². The summed E-state index contributed by atoms with van der Waals surface area (Å²) in [5.74, 6) is 0.803. The number of nitrogens with zero attached hydrogens (tertiary/aromatic N) is 4. The van der Waals surface area contributed by atoms with Gasteiger partial charge in [0.05, 0.1) is 11.8 Å². The van der Waals surface area contributed by atoms with Gasteiger partial charge >= 0.3 is 0 Å². The lowest BCUT2D eigenvalue weighted by Gasteiger charge is -1.86. The molecule has 0 saturated heterocycles. The minimum atomic E-state index is 0.802. The molecular formula is C10H9N5. The Kier molecular flexibility index (Phi) is 1.58. The Hall–Kier alpha value is -2.17. The van der Waals surface area contributed by atoms with Crippen LogP contribution in [0.25, 0.3) is 22.6 Å². The minimum Gasteiger partial charge on any atom is -0.323 e. The molecule has 0 radical (unpaired) electrons. The van der Waals surface area contributed by atoms with E-state index < -0.39 is 0 Å². The molecule has 74 valence electrons. The van der Waals surface area contributed by atoms with Crippen molar-refractivity contribution in [2.45, 2.75) is 0 Å². The maximum atomic E-state index is 4.42. The number of aromatic nitrogens is 5. The van der Waals surface area contributed by atoms with Crippen molar-refractivity contribution in [3.8, 4) is 11.4 Å². The highest BCUT2D eigenvalue weighted by Crippen LogP contribution is 2.17. The second-order valence-corrected chi connectivity index (χ2v) is 3.36. The quantitative estimate of drug-likeness (QED) is 0.643. The fraction of sp³-hybridized carbons (Fsp3) is 0.100. The largest absolute Gasteiger partial charge is 0.323 e. The summed E-state index contributed by atoms with van der Waals surface area (Å²) >= 11 is 0. The molecule has 0 aliphatic carbocycles. The van der Waals surface area contributed by atoms with Gasteiger partial charge in [-0.3, -0.25) is 4.68 Å². The van der Waals surface area contributed by atoms with Crippen molar-refractivity contribution in [3.05, 3.63) is 30.7 Å². The number of rotatable bonds is 1. The van der Waals surface area contributed by atoms with Crippen LogP contribution in [-0.4, -0.2) is 24.7 Å². The third-order valence-corrected chi connectivity index (χ3v) is 2.23. The van der Waals surface area contributed by atoms with Crippen LogP contribution in [-0.2, 0) is 7.05 Å². The molecule has 0 fully saturated rings. The summed E-state index contributed by atoms with van der Waals surface area (Å²) < 4.78 is 1.75. The molecule has 1 N–H and O–H groups in total. The number of fused-ring (bicyclic) bond motifs is 1. The first kappa shape index (κ1) is 8.16. The first-order chi connectivity index (χ1) is 7.33. The van der Waals surface area contributed by atoms with Gasteiger partial charge in [-0.2, -0.15) is 5.10 Å². The van der Waals surface area contributed by atoms with Crippen LogP contribution in [0.2, 0.25) is 0 Å². The van der Waals surface area contributed by atoms with E-state index in [4.69, 9.17) is 0 Å². The fourth-order valence-electron chi connectivity index (χ4n) is 1.52. The molecule has 5 heteroatoms. The molecule has 0 atom stereocenters. The second kappa shape index (κ2) is 2.91. The van der Waals surface area contributed by atoms with E-state index in [1.165, 1.54) is 0 Å². The van der Waals surface area contributed by atoms with Crippen LogP contribution in [0.3, 0.4) is 0 Å². The van der Waals surface area contributed by atoms with E-state index in [1.54, 1.807) is 17.1 Å². The first-order valence-electron chi connectivity index (χ1n) is 4.63. The van der Waals surface area contributed by atoms with Gasteiger partial charge in [-0.1, -0.05) is 0 Å². The Morgan fingerprint density at radius 1 is 1.40 bits per heavy atom. The zero-order chi connectivity index (χ0) is 10.3. The normalized spacial score (nSPS) is 11.0. The highest BCUT2D eigenvalue weighted by Gasteiger charge is 2.06. The van der Waals surface area contributed by atoms with E-state index in [1.807, 2.05) is 25.4 Å². The van der Waals surface area contributed by atoms with Crippen LogP contribution in [0.4, 0.5) is 0 Å². The van der Waals surface area contributed by atoms with Crippen LogP contribution >= 0.6 is 0 Å². The van der Waals surface area contributed by atoms with Gasteiger partial charge in [0.2, 0.25) is 0 Å². The zero-order valence-corrected chi connectivity index (χ0v) is 8.18. The second-order valence-electron chi connectivity index (χ2n) is 3.36. The molecule has 0 amide bonds. The van der Waals surface area contributed by atoms with E-state index in [2.05, 4.69) is 20.1 Å². The minimum absolute atomic E-state index is 0.802. The Morgan fingerprint density at radius 2 is 2.33 bits per heavy atom. The maximum Gasteiger partial charge on any atom is 0.157 e. The smallest absolute Gasteiger partial charge is 0.157 e. The van der Waals surface area contributed by atoms with E-state index >= 15 is 0 Å². The lowest BCUT2D eigenvalue weighted by atomic mass is 10.3. The molecule has 3 heterocycles. The molecule has 0 bridgehead atoms. The number of aryl methyl sites for hydroxylation is 1. The van der Waals surface area contributed by atoms with Crippen LogP contribution in [0, 0.1) is 0 Å². The standard InChI is InChI=1S/C10H9N5/c1-15-6-7(5-12-15)9-13-8-3-2-4-11-10(8)14-9/h2-6H,1H3,(H,11,13,14). The van der Waals surface area contributed by atoms with Crippen LogP contribution in [0.1, 0.15) is 0 Å². The number of pyridine rings is 1. The van der Waals surface area contributed by atoms with Crippen molar-refractivity contribution in [3.63, 3.8) is 0 Å². The van der Waals surface area contributed by atoms with Crippen molar-refractivity contribution in [1.29, 1.82) is 0 Å². The van der Waals surface area contributed by atoms with Gasteiger partial charge in [0.25, 0.3) is 0 Å². The molecule has 3 aromatic rings. The number of H-pyrrole nitrogens is 1. The van der Waals surface area contributed by atoms with Gasteiger partial charge in [-0.05, 0) is 12.1 Å². The fourth-order valence-corrected chi connectivity index (χ4v) is 1.52. The number of imidazole rings is 1. The first-order valence-corrected chi connectivity index (χ1v) is 4.63. The summed E-state index contributed by atoms with van der Waals surface area (Å²) in [6.45, 7) is 0. The summed E-state index contributed by atoms with van der Waals surface area (Å²) in [4.78, 5) is 11.8. The van der Waals surface area contributed by atoms with Gasteiger partial charge in [-0.25, -0.2) is 9.97 Å². The summed E-state index contributed by atoms with van der Waals surface area (Å²) in [5, 5.41) is 4.10. The number of hydrogen-bond donors (Lipinski definition) is 1. The van der Waals surface area contributed by atoms with Crippen molar-refractivity contribution >= 4 is 11.2 Å². The molecule has 0 aliphatic heterocycles. The number of nitrogens with one attached hydrogen (secondary N) is 1. The Balaban J connectivity index is 2.19. The molecule has 0 saturated carbocycles. The van der Waals surface area contributed by atoms with Crippen LogP contribution < -0.4 is 0 Å².